The Balaban J connectivity index is 1.82. The summed E-state index contributed by atoms with van der Waals surface area (Å²) in [5.41, 5.74) is 1.23. The fraction of sp³-hybridized carbons (Fsp3) is 0.533. The molecule has 0 radical (unpaired) electrons. The third-order valence-electron chi connectivity index (χ3n) is 4.42. The Morgan fingerprint density at radius 3 is 2.74 bits per heavy atom. The van der Waals surface area contributed by atoms with Crippen LogP contribution in [0.15, 0.2) is 30.3 Å². The molecule has 2 atom stereocenters. The SMILES string of the molecule is O=C(O)N1CCN2CCCC2[C@@H]1Cc1ccccc1. The van der Waals surface area contributed by atoms with Gasteiger partial charge in [-0.25, -0.2) is 4.79 Å². The van der Waals surface area contributed by atoms with Crippen molar-refractivity contribution in [2.45, 2.75) is 31.3 Å². The molecular formula is C15H20N2O2. The smallest absolute Gasteiger partial charge is 0.407 e. The average molecular weight is 260 g/mol. The number of hydrogen-bond donors (Lipinski definition) is 1. The minimum Gasteiger partial charge on any atom is -0.465 e. The number of fused-ring (bicyclic) bond motifs is 1. The number of amides is 1. The molecule has 0 bridgehead atoms. The standard InChI is InChI=1S/C15H20N2O2/c18-15(19)17-10-9-16-8-4-7-13(16)14(17)11-12-5-2-1-3-6-12/h1-3,5-6,13-14H,4,7-11H2,(H,18,19)/t13?,14-/m0/s1. The maximum atomic E-state index is 11.5. The van der Waals surface area contributed by atoms with Gasteiger partial charge in [0.2, 0.25) is 0 Å². The van der Waals surface area contributed by atoms with Crippen LogP contribution in [-0.2, 0) is 6.42 Å². The third kappa shape index (κ3) is 2.45. The Bertz CT molecular complexity index is 449. The molecule has 0 aromatic heterocycles. The van der Waals surface area contributed by atoms with E-state index in [0.29, 0.717) is 12.6 Å². The van der Waals surface area contributed by atoms with Gasteiger partial charge in [0, 0.05) is 19.1 Å². The van der Waals surface area contributed by atoms with Gasteiger partial charge in [0.1, 0.15) is 0 Å². The highest BCUT2D eigenvalue weighted by Gasteiger charge is 2.40. The summed E-state index contributed by atoms with van der Waals surface area (Å²) in [7, 11) is 0. The molecule has 1 N–H and O–H groups in total. The largest absolute Gasteiger partial charge is 0.465 e. The van der Waals surface area contributed by atoms with Crippen LogP contribution in [0.2, 0.25) is 0 Å². The summed E-state index contributed by atoms with van der Waals surface area (Å²) in [6.07, 6.45) is 2.38. The van der Waals surface area contributed by atoms with Crippen LogP contribution in [0.3, 0.4) is 0 Å². The molecule has 2 heterocycles. The number of benzene rings is 1. The van der Waals surface area contributed by atoms with Gasteiger partial charge in [-0.15, -0.1) is 0 Å². The van der Waals surface area contributed by atoms with Crippen molar-refractivity contribution >= 4 is 6.09 Å². The van der Waals surface area contributed by atoms with Crippen LogP contribution < -0.4 is 0 Å². The van der Waals surface area contributed by atoms with Crippen molar-refractivity contribution in [1.29, 1.82) is 0 Å². The van der Waals surface area contributed by atoms with Crippen LogP contribution in [0.5, 0.6) is 0 Å². The molecule has 3 rings (SSSR count). The normalized spacial score (nSPS) is 27.3. The molecule has 1 unspecified atom stereocenters. The van der Waals surface area contributed by atoms with Gasteiger partial charge in [-0.3, -0.25) is 4.90 Å². The minimum absolute atomic E-state index is 0.108. The fourth-order valence-electron chi connectivity index (χ4n) is 3.51. The first-order chi connectivity index (χ1) is 9.25. The van der Waals surface area contributed by atoms with Gasteiger partial charge in [-0.05, 0) is 31.4 Å². The van der Waals surface area contributed by atoms with E-state index in [1.54, 1.807) is 4.90 Å². The zero-order valence-corrected chi connectivity index (χ0v) is 11.0. The molecule has 102 valence electrons. The van der Waals surface area contributed by atoms with Crippen molar-refractivity contribution < 1.29 is 9.90 Å². The Morgan fingerprint density at radius 1 is 1.21 bits per heavy atom. The van der Waals surface area contributed by atoms with E-state index in [1.165, 1.54) is 12.0 Å². The zero-order valence-electron chi connectivity index (χ0n) is 11.0. The van der Waals surface area contributed by atoms with E-state index in [-0.39, 0.29) is 6.04 Å². The summed E-state index contributed by atoms with van der Waals surface area (Å²) in [5.74, 6) is 0. The summed E-state index contributed by atoms with van der Waals surface area (Å²) >= 11 is 0. The lowest BCUT2D eigenvalue weighted by atomic mass is 9.94. The molecule has 1 aromatic rings. The quantitative estimate of drug-likeness (QED) is 0.885. The first-order valence-electron chi connectivity index (χ1n) is 7.03. The molecule has 4 heteroatoms. The van der Waals surface area contributed by atoms with Crippen LogP contribution in [0.25, 0.3) is 0 Å². The van der Waals surface area contributed by atoms with Gasteiger partial charge >= 0.3 is 6.09 Å². The number of carboxylic acid groups (broad SMARTS) is 1. The predicted molar refractivity (Wildman–Crippen MR) is 73.3 cm³/mol. The molecule has 2 aliphatic rings. The van der Waals surface area contributed by atoms with Gasteiger partial charge in [-0.1, -0.05) is 30.3 Å². The van der Waals surface area contributed by atoms with E-state index in [9.17, 15) is 9.90 Å². The van der Waals surface area contributed by atoms with Crippen LogP contribution in [0.1, 0.15) is 18.4 Å². The first-order valence-corrected chi connectivity index (χ1v) is 7.03. The summed E-state index contributed by atoms with van der Waals surface area (Å²) < 4.78 is 0. The van der Waals surface area contributed by atoms with E-state index in [2.05, 4.69) is 17.0 Å². The van der Waals surface area contributed by atoms with Crippen molar-refractivity contribution in [3.63, 3.8) is 0 Å². The Morgan fingerprint density at radius 2 is 2.00 bits per heavy atom. The topological polar surface area (TPSA) is 43.8 Å². The Hall–Kier alpha value is -1.55. The molecule has 19 heavy (non-hydrogen) atoms. The molecule has 2 fully saturated rings. The molecule has 0 spiro atoms. The predicted octanol–water partition coefficient (Wildman–Crippen LogP) is 2.06. The van der Waals surface area contributed by atoms with Gasteiger partial charge in [0.15, 0.2) is 0 Å². The Labute approximate surface area is 113 Å². The van der Waals surface area contributed by atoms with E-state index < -0.39 is 6.09 Å². The highest BCUT2D eigenvalue weighted by molar-refractivity contribution is 5.66. The van der Waals surface area contributed by atoms with Crippen molar-refractivity contribution in [2.24, 2.45) is 0 Å². The second kappa shape index (κ2) is 5.21. The van der Waals surface area contributed by atoms with Crippen molar-refractivity contribution in [3.8, 4) is 0 Å². The van der Waals surface area contributed by atoms with Gasteiger partial charge in [-0.2, -0.15) is 0 Å². The van der Waals surface area contributed by atoms with Crippen molar-refractivity contribution in [3.05, 3.63) is 35.9 Å². The monoisotopic (exact) mass is 260 g/mol. The van der Waals surface area contributed by atoms with Crippen LogP contribution in [0.4, 0.5) is 4.79 Å². The van der Waals surface area contributed by atoms with E-state index in [1.807, 2.05) is 18.2 Å². The second-order valence-corrected chi connectivity index (χ2v) is 5.48. The average Bonchev–Trinajstić information content (AvgIpc) is 2.88. The molecule has 1 amide bonds. The first kappa shape index (κ1) is 12.5. The van der Waals surface area contributed by atoms with E-state index >= 15 is 0 Å². The maximum absolute atomic E-state index is 11.5. The Kier molecular flexibility index (Phi) is 3.42. The zero-order chi connectivity index (χ0) is 13.2. The lowest BCUT2D eigenvalue weighted by molar-refractivity contribution is 0.0440. The molecular weight excluding hydrogens is 240 g/mol. The lowest BCUT2D eigenvalue weighted by Gasteiger charge is -2.43. The second-order valence-electron chi connectivity index (χ2n) is 5.48. The number of carbonyl (C=O) groups is 1. The lowest BCUT2D eigenvalue weighted by Crippen LogP contribution is -2.59. The molecule has 4 nitrogen and oxygen atoms in total. The summed E-state index contributed by atoms with van der Waals surface area (Å²) in [4.78, 5) is 15.6. The number of rotatable bonds is 2. The minimum atomic E-state index is -0.771. The summed E-state index contributed by atoms with van der Waals surface area (Å²) in [5, 5.41) is 9.41. The van der Waals surface area contributed by atoms with Gasteiger partial charge < -0.3 is 10.0 Å². The molecule has 0 aliphatic carbocycles. The van der Waals surface area contributed by atoms with Gasteiger partial charge in [0.05, 0.1) is 6.04 Å². The van der Waals surface area contributed by atoms with E-state index in [0.717, 1.165) is 25.9 Å². The highest BCUT2D eigenvalue weighted by Crippen LogP contribution is 2.29. The van der Waals surface area contributed by atoms with E-state index in [4.69, 9.17) is 0 Å². The van der Waals surface area contributed by atoms with Crippen LogP contribution in [0, 0.1) is 0 Å². The number of hydrogen-bond acceptors (Lipinski definition) is 2. The van der Waals surface area contributed by atoms with Crippen molar-refractivity contribution in [1.82, 2.24) is 9.80 Å². The summed E-state index contributed by atoms with van der Waals surface area (Å²) in [6, 6.07) is 10.7. The summed E-state index contributed by atoms with van der Waals surface area (Å²) in [6.45, 7) is 2.66. The fourth-order valence-corrected chi connectivity index (χ4v) is 3.51. The maximum Gasteiger partial charge on any atom is 0.407 e. The van der Waals surface area contributed by atoms with Gasteiger partial charge in [0.25, 0.3) is 0 Å². The number of nitrogens with zero attached hydrogens (tertiary/aromatic N) is 2. The molecule has 0 saturated carbocycles. The third-order valence-corrected chi connectivity index (χ3v) is 4.42. The molecule has 2 aliphatic heterocycles. The van der Waals surface area contributed by atoms with Crippen LogP contribution in [-0.4, -0.2) is 52.7 Å². The van der Waals surface area contributed by atoms with Crippen LogP contribution >= 0.6 is 0 Å². The molecule has 2 saturated heterocycles. The van der Waals surface area contributed by atoms with Crippen molar-refractivity contribution in [2.75, 3.05) is 19.6 Å². The number of piperazine rings is 1. The molecule has 1 aromatic carbocycles. The highest BCUT2D eigenvalue weighted by atomic mass is 16.4.